The van der Waals surface area contributed by atoms with E-state index in [0.29, 0.717) is 6.67 Å². The normalized spacial score (nSPS) is 26.9. The summed E-state index contributed by atoms with van der Waals surface area (Å²) in [5.41, 5.74) is 0.169. The highest BCUT2D eigenvalue weighted by Crippen LogP contribution is 2.33. The molecule has 0 atom stereocenters. The minimum absolute atomic E-state index is 0.0169. The number of likely N-dealkylation sites (tertiary alicyclic amines) is 1. The van der Waals surface area contributed by atoms with E-state index in [2.05, 4.69) is 10.6 Å². The lowest BCUT2D eigenvalue weighted by Gasteiger charge is -2.32. The molecule has 3 N–H and O–H groups in total. The van der Waals surface area contributed by atoms with Crippen molar-refractivity contribution in [2.24, 2.45) is 5.92 Å². The van der Waals surface area contributed by atoms with Gasteiger partial charge in [-0.15, -0.1) is 0 Å². The molecule has 2 heterocycles. The second-order valence-corrected chi connectivity index (χ2v) is 8.34. The Balaban J connectivity index is 1.29. The van der Waals surface area contributed by atoms with Gasteiger partial charge in [-0.3, -0.25) is 9.59 Å². The molecule has 0 radical (unpaired) electrons. The van der Waals surface area contributed by atoms with E-state index in [4.69, 9.17) is 0 Å². The van der Waals surface area contributed by atoms with Gasteiger partial charge < -0.3 is 15.5 Å². The van der Waals surface area contributed by atoms with Crippen molar-refractivity contribution in [1.29, 1.82) is 0 Å². The van der Waals surface area contributed by atoms with Crippen LogP contribution >= 0.6 is 0 Å². The first-order valence-corrected chi connectivity index (χ1v) is 10.4. The topological polar surface area (TPSA) is 82.9 Å². The summed E-state index contributed by atoms with van der Waals surface area (Å²) in [5, 5.41) is 5.95. The van der Waals surface area contributed by atoms with E-state index in [-0.39, 0.29) is 23.8 Å². The third kappa shape index (κ3) is 3.76. The van der Waals surface area contributed by atoms with Crippen LogP contribution in [0.5, 0.6) is 0 Å². The number of hydrogen-bond acceptors (Lipinski definition) is 3. The zero-order valence-corrected chi connectivity index (χ0v) is 16.2. The molecule has 1 saturated carbocycles. The summed E-state index contributed by atoms with van der Waals surface area (Å²) >= 11 is 0. The van der Waals surface area contributed by atoms with Crippen molar-refractivity contribution in [3.8, 4) is 0 Å². The molecule has 1 aromatic carbocycles. The number of nitrogens with one attached hydrogen (secondary N) is 3. The number of nitrogens with zero attached hydrogens (tertiary/aromatic N) is 1. The summed E-state index contributed by atoms with van der Waals surface area (Å²) in [6.45, 7) is 1.98. The molecule has 3 aliphatic rings. The van der Waals surface area contributed by atoms with Crippen molar-refractivity contribution in [3.63, 3.8) is 0 Å². The lowest BCUT2D eigenvalue weighted by atomic mass is 9.82. The van der Waals surface area contributed by atoms with Gasteiger partial charge in [-0.05, 0) is 25.0 Å². The average Bonchev–Trinajstić information content (AvgIpc) is 2.94. The second kappa shape index (κ2) is 7.91. The van der Waals surface area contributed by atoms with E-state index in [9.17, 15) is 14.4 Å². The van der Waals surface area contributed by atoms with Gasteiger partial charge >= 0.3 is 6.03 Å². The standard InChI is InChI=1S/C21H28N4O3/c26-18(22-17-7-3-1-4-8-17)16-9-13-24(14-10-16)15-25-19(27)21(23-20(25)28)11-5-2-6-12-21/h1,3-4,7-8,16H,2,5-6,9-15H2,(H,22,26)(H,23,28)/p+1. The predicted octanol–water partition coefficient (Wildman–Crippen LogP) is 1.13. The molecule has 2 saturated heterocycles. The Kier molecular flexibility index (Phi) is 5.35. The van der Waals surface area contributed by atoms with Crippen LogP contribution in [0, 0.1) is 5.92 Å². The Morgan fingerprint density at radius 1 is 1.11 bits per heavy atom. The molecule has 7 heteroatoms. The smallest absolute Gasteiger partial charge is 0.326 e. The Morgan fingerprint density at radius 3 is 2.46 bits per heavy atom. The van der Waals surface area contributed by atoms with Crippen LogP contribution in [0.1, 0.15) is 44.9 Å². The summed E-state index contributed by atoms with van der Waals surface area (Å²) in [6, 6.07) is 9.25. The Bertz CT molecular complexity index is 737. The maximum absolute atomic E-state index is 12.9. The summed E-state index contributed by atoms with van der Waals surface area (Å²) in [5.74, 6) is -0.00760. The third-order valence-electron chi connectivity index (χ3n) is 6.44. The maximum Gasteiger partial charge on any atom is 0.329 e. The lowest BCUT2D eigenvalue weighted by molar-refractivity contribution is -0.912. The van der Waals surface area contributed by atoms with Gasteiger partial charge in [-0.25, -0.2) is 9.69 Å². The SMILES string of the molecule is O=C(Nc1ccccc1)C1CC[NH+](CN2C(=O)NC3(CCCCC3)C2=O)CC1. The molecule has 1 aliphatic carbocycles. The van der Waals surface area contributed by atoms with Crippen molar-refractivity contribution in [2.45, 2.75) is 50.5 Å². The van der Waals surface area contributed by atoms with Crippen molar-refractivity contribution >= 4 is 23.5 Å². The number of piperidine rings is 1. The van der Waals surface area contributed by atoms with E-state index in [1.54, 1.807) is 0 Å². The van der Waals surface area contributed by atoms with Crippen molar-refractivity contribution in [1.82, 2.24) is 10.2 Å². The van der Waals surface area contributed by atoms with Crippen molar-refractivity contribution < 1.29 is 19.3 Å². The largest absolute Gasteiger partial charge is 0.329 e. The van der Waals surface area contributed by atoms with Gasteiger partial charge in [0, 0.05) is 24.4 Å². The Morgan fingerprint density at radius 2 is 1.79 bits per heavy atom. The van der Waals surface area contributed by atoms with Crippen LogP contribution in [-0.4, -0.2) is 48.0 Å². The quantitative estimate of drug-likeness (QED) is 0.680. The van der Waals surface area contributed by atoms with E-state index >= 15 is 0 Å². The summed E-state index contributed by atoms with van der Waals surface area (Å²) < 4.78 is 0. The summed E-state index contributed by atoms with van der Waals surface area (Å²) in [7, 11) is 0. The fraction of sp³-hybridized carbons (Fsp3) is 0.571. The van der Waals surface area contributed by atoms with Crippen molar-refractivity contribution in [2.75, 3.05) is 25.1 Å². The number of carbonyl (C=O) groups excluding carboxylic acids is 3. The highest BCUT2D eigenvalue weighted by atomic mass is 16.2. The molecule has 1 spiro atoms. The molecule has 4 amide bonds. The fourth-order valence-corrected chi connectivity index (χ4v) is 4.75. The van der Waals surface area contributed by atoms with Crippen LogP contribution in [0.3, 0.4) is 0 Å². The minimum atomic E-state index is -0.650. The molecule has 7 nitrogen and oxygen atoms in total. The highest BCUT2D eigenvalue weighted by Gasteiger charge is 2.52. The number of amides is 4. The molecule has 28 heavy (non-hydrogen) atoms. The minimum Gasteiger partial charge on any atom is -0.326 e. The highest BCUT2D eigenvalue weighted by molar-refractivity contribution is 6.06. The molecule has 150 valence electrons. The van der Waals surface area contributed by atoms with Gasteiger partial charge in [0.1, 0.15) is 5.54 Å². The lowest BCUT2D eigenvalue weighted by Crippen LogP contribution is -3.14. The van der Waals surface area contributed by atoms with Gasteiger partial charge in [-0.1, -0.05) is 37.5 Å². The first-order chi connectivity index (χ1) is 13.6. The number of benzene rings is 1. The van der Waals surface area contributed by atoms with Crippen LogP contribution in [0.15, 0.2) is 30.3 Å². The van der Waals surface area contributed by atoms with Gasteiger partial charge in [0.2, 0.25) is 5.91 Å². The maximum atomic E-state index is 12.9. The second-order valence-electron chi connectivity index (χ2n) is 8.34. The van der Waals surface area contributed by atoms with Crippen LogP contribution in [-0.2, 0) is 9.59 Å². The molecule has 0 unspecified atom stereocenters. The number of hydrogen-bond donors (Lipinski definition) is 3. The molecule has 3 fully saturated rings. The number of para-hydroxylation sites is 1. The number of carbonyl (C=O) groups is 3. The Labute approximate surface area is 165 Å². The number of imide groups is 1. The number of anilines is 1. The molecule has 2 aliphatic heterocycles. The summed E-state index contributed by atoms with van der Waals surface area (Å²) in [4.78, 5) is 40.4. The van der Waals surface area contributed by atoms with Gasteiger partial charge in [-0.2, -0.15) is 0 Å². The zero-order valence-electron chi connectivity index (χ0n) is 16.2. The summed E-state index contributed by atoms with van der Waals surface area (Å²) in [6.07, 6.45) is 6.17. The molecule has 1 aromatic rings. The van der Waals surface area contributed by atoms with E-state index in [1.165, 1.54) is 9.80 Å². The average molecular weight is 385 g/mol. The van der Waals surface area contributed by atoms with Gasteiger partial charge in [0.25, 0.3) is 5.91 Å². The van der Waals surface area contributed by atoms with Gasteiger partial charge in [0.15, 0.2) is 6.67 Å². The van der Waals surface area contributed by atoms with E-state index < -0.39 is 5.54 Å². The van der Waals surface area contributed by atoms with Crippen molar-refractivity contribution in [3.05, 3.63) is 30.3 Å². The molecule has 4 rings (SSSR count). The van der Waals surface area contributed by atoms with Gasteiger partial charge in [0.05, 0.1) is 13.1 Å². The molecular weight excluding hydrogens is 356 g/mol. The van der Waals surface area contributed by atoms with Crippen LogP contribution in [0.2, 0.25) is 0 Å². The number of urea groups is 1. The fourth-order valence-electron chi connectivity index (χ4n) is 4.75. The van der Waals surface area contributed by atoms with Crippen LogP contribution in [0.4, 0.5) is 10.5 Å². The number of quaternary nitrogens is 1. The first-order valence-electron chi connectivity index (χ1n) is 10.4. The van der Waals surface area contributed by atoms with E-state index in [0.717, 1.165) is 63.7 Å². The zero-order chi connectivity index (χ0) is 19.6. The molecule has 0 bridgehead atoms. The molecular formula is C21H29N4O3+. The Hall–Kier alpha value is -2.41. The first kappa shape index (κ1) is 18.9. The monoisotopic (exact) mass is 385 g/mol. The van der Waals surface area contributed by atoms with Crippen LogP contribution in [0.25, 0.3) is 0 Å². The van der Waals surface area contributed by atoms with Crippen LogP contribution < -0.4 is 15.5 Å². The predicted molar refractivity (Wildman–Crippen MR) is 105 cm³/mol. The third-order valence-corrected chi connectivity index (χ3v) is 6.44. The number of rotatable bonds is 4. The molecule has 0 aromatic heterocycles. The van der Waals surface area contributed by atoms with E-state index in [1.807, 2.05) is 30.3 Å².